The van der Waals surface area contributed by atoms with Crippen molar-refractivity contribution in [2.75, 3.05) is 0 Å². The summed E-state index contributed by atoms with van der Waals surface area (Å²) in [6.45, 7) is 4.64. The van der Waals surface area contributed by atoms with E-state index in [9.17, 15) is 4.79 Å². The Balaban J connectivity index is 2.62. The van der Waals surface area contributed by atoms with E-state index in [1.165, 1.54) is 0 Å². The standard InChI is InChI=1S/C10H18N4O2/c1-3-5-9-11-12-13-14(9)7-8(4-2)6-10(15)16/h8H,3-7H2,1-2H3,(H,15,16). The molecule has 0 spiro atoms. The molecule has 1 rings (SSSR count). The third-order valence-corrected chi connectivity index (χ3v) is 2.55. The second-order valence-electron chi connectivity index (χ2n) is 3.90. The van der Waals surface area contributed by atoms with Gasteiger partial charge in [-0.2, -0.15) is 0 Å². The molecule has 6 nitrogen and oxygen atoms in total. The molecule has 0 saturated heterocycles. The van der Waals surface area contributed by atoms with E-state index in [-0.39, 0.29) is 12.3 Å². The molecule has 1 N–H and O–H groups in total. The predicted molar refractivity (Wildman–Crippen MR) is 57.8 cm³/mol. The molecular weight excluding hydrogens is 208 g/mol. The highest BCUT2D eigenvalue weighted by molar-refractivity contribution is 5.66. The molecule has 1 heterocycles. The fourth-order valence-electron chi connectivity index (χ4n) is 1.60. The lowest BCUT2D eigenvalue weighted by Gasteiger charge is -2.12. The number of rotatable bonds is 7. The molecule has 0 aliphatic heterocycles. The van der Waals surface area contributed by atoms with E-state index in [0.29, 0.717) is 6.54 Å². The van der Waals surface area contributed by atoms with Gasteiger partial charge in [0.25, 0.3) is 0 Å². The van der Waals surface area contributed by atoms with Crippen LogP contribution in [0, 0.1) is 5.92 Å². The Morgan fingerprint density at radius 3 is 2.81 bits per heavy atom. The van der Waals surface area contributed by atoms with Gasteiger partial charge in [-0.3, -0.25) is 4.79 Å². The van der Waals surface area contributed by atoms with E-state index < -0.39 is 5.97 Å². The maximum atomic E-state index is 10.6. The van der Waals surface area contributed by atoms with Crippen LogP contribution in [-0.2, 0) is 17.8 Å². The predicted octanol–water partition coefficient (Wildman–Crippen LogP) is 1.13. The maximum absolute atomic E-state index is 10.6. The average molecular weight is 226 g/mol. The minimum absolute atomic E-state index is 0.0941. The number of aliphatic carboxylic acids is 1. The van der Waals surface area contributed by atoms with Gasteiger partial charge in [0.1, 0.15) is 0 Å². The summed E-state index contributed by atoms with van der Waals surface area (Å²) in [7, 11) is 0. The van der Waals surface area contributed by atoms with Crippen molar-refractivity contribution in [2.24, 2.45) is 5.92 Å². The second-order valence-corrected chi connectivity index (χ2v) is 3.90. The zero-order valence-corrected chi connectivity index (χ0v) is 9.76. The molecule has 0 fully saturated rings. The molecule has 1 aromatic rings. The monoisotopic (exact) mass is 226 g/mol. The molecule has 0 bridgehead atoms. The van der Waals surface area contributed by atoms with Gasteiger partial charge < -0.3 is 5.11 Å². The van der Waals surface area contributed by atoms with E-state index in [0.717, 1.165) is 25.1 Å². The van der Waals surface area contributed by atoms with Crippen LogP contribution in [0.5, 0.6) is 0 Å². The van der Waals surface area contributed by atoms with Gasteiger partial charge in [-0.1, -0.05) is 20.3 Å². The van der Waals surface area contributed by atoms with Crippen LogP contribution >= 0.6 is 0 Å². The first-order valence-corrected chi connectivity index (χ1v) is 5.64. The van der Waals surface area contributed by atoms with Crippen LogP contribution in [0.15, 0.2) is 0 Å². The largest absolute Gasteiger partial charge is 0.481 e. The van der Waals surface area contributed by atoms with Crippen LogP contribution in [-0.4, -0.2) is 31.3 Å². The molecule has 0 aliphatic rings. The molecule has 0 radical (unpaired) electrons. The molecule has 0 aromatic carbocycles. The van der Waals surface area contributed by atoms with Crippen molar-refractivity contribution in [3.8, 4) is 0 Å². The lowest BCUT2D eigenvalue weighted by atomic mass is 10.0. The minimum Gasteiger partial charge on any atom is -0.481 e. The third-order valence-electron chi connectivity index (χ3n) is 2.55. The van der Waals surface area contributed by atoms with E-state index in [4.69, 9.17) is 5.11 Å². The average Bonchev–Trinajstić information content (AvgIpc) is 2.65. The molecule has 90 valence electrons. The van der Waals surface area contributed by atoms with E-state index in [2.05, 4.69) is 22.4 Å². The Morgan fingerprint density at radius 1 is 1.50 bits per heavy atom. The molecule has 6 heteroatoms. The summed E-state index contributed by atoms with van der Waals surface area (Å²) in [5.41, 5.74) is 0. The number of carboxylic acids is 1. The fraction of sp³-hybridized carbons (Fsp3) is 0.800. The Kier molecular flexibility index (Phi) is 4.88. The molecule has 1 atom stereocenters. The van der Waals surface area contributed by atoms with Gasteiger partial charge >= 0.3 is 5.97 Å². The second kappa shape index (κ2) is 6.19. The van der Waals surface area contributed by atoms with Crippen LogP contribution in [0.4, 0.5) is 0 Å². The number of nitrogens with zero attached hydrogens (tertiary/aromatic N) is 4. The number of aromatic nitrogens is 4. The maximum Gasteiger partial charge on any atom is 0.303 e. The van der Waals surface area contributed by atoms with Gasteiger partial charge in [-0.25, -0.2) is 4.68 Å². The lowest BCUT2D eigenvalue weighted by Crippen LogP contribution is -2.17. The first-order valence-electron chi connectivity index (χ1n) is 5.64. The van der Waals surface area contributed by atoms with Crippen molar-refractivity contribution in [2.45, 2.75) is 46.1 Å². The summed E-state index contributed by atoms with van der Waals surface area (Å²) in [5.74, 6) is 0.167. The lowest BCUT2D eigenvalue weighted by molar-refractivity contribution is -0.138. The molecular formula is C10H18N4O2. The summed E-state index contributed by atoms with van der Waals surface area (Å²) < 4.78 is 1.72. The number of hydrogen-bond donors (Lipinski definition) is 1. The van der Waals surface area contributed by atoms with Crippen molar-refractivity contribution in [1.82, 2.24) is 20.2 Å². The Bertz CT molecular complexity index is 337. The summed E-state index contributed by atoms with van der Waals surface area (Å²) >= 11 is 0. The topological polar surface area (TPSA) is 80.9 Å². The van der Waals surface area contributed by atoms with Crippen molar-refractivity contribution in [1.29, 1.82) is 0 Å². The zero-order valence-electron chi connectivity index (χ0n) is 9.76. The van der Waals surface area contributed by atoms with E-state index in [1.807, 2.05) is 6.92 Å². The molecule has 16 heavy (non-hydrogen) atoms. The van der Waals surface area contributed by atoms with Crippen LogP contribution in [0.1, 0.15) is 38.9 Å². The van der Waals surface area contributed by atoms with E-state index in [1.54, 1.807) is 4.68 Å². The fourth-order valence-corrected chi connectivity index (χ4v) is 1.60. The molecule has 0 aliphatic carbocycles. The zero-order chi connectivity index (χ0) is 12.0. The number of tetrazole rings is 1. The Labute approximate surface area is 94.7 Å². The summed E-state index contributed by atoms with van der Waals surface area (Å²) in [5, 5.41) is 20.2. The molecule has 0 amide bonds. The highest BCUT2D eigenvalue weighted by atomic mass is 16.4. The Hall–Kier alpha value is -1.46. The van der Waals surface area contributed by atoms with Gasteiger partial charge in [0, 0.05) is 19.4 Å². The first-order chi connectivity index (χ1) is 7.67. The van der Waals surface area contributed by atoms with Gasteiger partial charge in [-0.15, -0.1) is 5.10 Å². The third kappa shape index (κ3) is 3.60. The van der Waals surface area contributed by atoms with Crippen molar-refractivity contribution in [3.63, 3.8) is 0 Å². The van der Waals surface area contributed by atoms with Crippen LogP contribution in [0.2, 0.25) is 0 Å². The minimum atomic E-state index is -0.767. The number of carboxylic acid groups (broad SMARTS) is 1. The SMILES string of the molecule is CCCc1nnnn1CC(CC)CC(=O)O. The van der Waals surface area contributed by atoms with Gasteiger partial charge in [0.2, 0.25) is 0 Å². The summed E-state index contributed by atoms with van der Waals surface area (Å²) in [6.07, 6.45) is 2.80. The number of hydrogen-bond acceptors (Lipinski definition) is 4. The summed E-state index contributed by atoms with van der Waals surface area (Å²) in [4.78, 5) is 10.6. The van der Waals surface area contributed by atoms with Crippen molar-refractivity contribution >= 4 is 5.97 Å². The van der Waals surface area contributed by atoms with Crippen molar-refractivity contribution in [3.05, 3.63) is 5.82 Å². The van der Waals surface area contributed by atoms with Crippen LogP contribution < -0.4 is 0 Å². The highest BCUT2D eigenvalue weighted by Crippen LogP contribution is 2.12. The molecule has 0 saturated carbocycles. The quantitative estimate of drug-likeness (QED) is 0.753. The van der Waals surface area contributed by atoms with E-state index >= 15 is 0 Å². The smallest absolute Gasteiger partial charge is 0.303 e. The number of carbonyl (C=O) groups is 1. The molecule has 1 unspecified atom stereocenters. The van der Waals surface area contributed by atoms with Crippen LogP contribution in [0.25, 0.3) is 0 Å². The van der Waals surface area contributed by atoms with Gasteiger partial charge in [0.15, 0.2) is 5.82 Å². The van der Waals surface area contributed by atoms with Gasteiger partial charge in [-0.05, 0) is 22.8 Å². The first kappa shape index (κ1) is 12.6. The van der Waals surface area contributed by atoms with Crippen LogP contribution in [0.3, 0.4) is 0 Å². The normalized spacial score (nSPS) is 12.6. The van der Waals surface area contributed by atoms with Crippen molar-refractivity contribution < 1.29 is 9.90 Å². The molecule has 1 aromatic heterocycles. The van der Waals surface area contributed by atoms with Gasteiger partial charge in [0.05, 0.1) is 0 Å². The summed E-state index contributed by atoms with van der Waals surface area (Å²) in [6, 6.07) is 0. The highest BCUT2D eigenvalue weighted by Gasteiger charge is 2.14. The Morgan fingerprint density at radius 2 is 2.25 bits per heavy atom. The number of aryl methyl sites for hydroxylation is 1.